The normalized spacial score (nSPS) is 18.8. The van der Waals surface area contributed by atoms with E-state index < -0.39 is 41.9 Å². The van der Waals surface area contributed by atoms with Crippen molar-refractivity contribution in [3.05, 3.63) is 149 Å². The summed E-state index contributed by atoms with van der Waals surface area (Å²) >= 11 is 0. The molecule has 12 heteroatoms. The van der Waals surface area contributed by atoms with Crippen LogP contribution in [0, 0.1) is 0 Å². The van der Waals surface area contributed by atoms with E-state index in [0.717, 1.165) is 21.3 Å². The van der Waals surface area contributed by atoms with Crippen molar-refractivity contribution in [3.63, 3.8) is 0 Å². The lowest BCUT2D eigenvalue weighted by Crippen LogP contribution is -2.42. The molecular formula is C37H36N4O8. The maximum absolute atomic E-state index is 13.0. The molecular weight excluding hydrogens is 628 g/mol. The molecule has 1 aliphatic rings. The molecule has 0 spiro atoms. The first-order valence-electron chi connectivity index (χ1n) is 15.5. The van der Waals surface area contributed by atoms with Gasteiger partial charge in [0.15, 0.2) is 12.3 Å². The van der Waals surface area contributed by atoms with E-state index in [4.69, 9.17) is 29.4 Å². The molecule has 4 N–H and O–H groups in total. The summed E-state index contributed by atoms with van der Waals surface area (Å²) in [5.74, 6) is 1.33. The Morgan fingerprint density at radius 1 is 0.857 bits per heavy atom. The van der Waals surface area contributed by atoms with Crippen LogP contribution in [0.15, 0.2) is 126 Å². The van der Waals surface area contributed by atoms with E-state index in [1.165, 1.54) is 12.3 Å². The van der Waals surface area contributed by atoms with Gasteiger partial charge in [-0.2, -0.15) is 4.98 Å². The number of ether oxygens (including phenoxy) is 5. The molecule has 1 aromatic heterocycles. The summed E-state index contributed by atoms with van der Waals surface area (Å²) in [4.78, 5) is 29.8. The minimum atomic E-state index is -1.42. The second kappa shape index (κ2) is 14.6. The Labute approximate surface area is 282 Å². The van der Waals surface area contributed by atoms with Crippen molar-refractivity contribution in [2.24, 2.45) is 0 Å². The molecule has 0 saturated carbocycles. The van der Waals surface area contributed by atoms with Crippen LogP contribution in [0.3, 0.4) is 0 Å². The Bertz CT molecular complexity index is 1860. The summed E-state index contributed by atoms with van der Waals surface area (Å²) in [7, 11) is 3.18. The first kappa shape index (κ1) is 33.2. The van der Waals surface area contributed by atoms with Gasteiger partial charge in [0.05, 0.1) is 20.8 Å². The van der Waals surface area contributed by atoms with Crippen molar-refractivity contribution in [2.45, 2.75) is 30.1 Å². The lowest BCUT2D eigenvalue weighted by atomic mass is 9.80. The van der Waals surface area contributed by atoms with Gasteiger partial charge in [0.25, 0.3) is 0 Å². The first-order chi connectivity index (χ1) is 23.8. The van der Waals surface area contributed by atoms with Crippen LogP contribution >= 0.6 is 0 Å². The summed E-state index contributed by atoms with van der Waals surface area (Å²) in [6.07, 6.45) is -4.54. The van der Waals surface area contributed by atoms with Gasteiger partial charge in [0.2, 0.25) is 0 Å². The van der Waals surface area contributed by atoms with Crippen molar-refractivity contribution in [1.29, 1.82) is 0 Å². The van der Waals surface area contributed by atoms with Gasteiger partial charge < -0.3 is 34.5 Å². The minimum Gasteiger partial charge on any atom is -0.497 e. The van der Waals surface area contributed by atoms with Crippen LogP contribution in [0.25, 0.3) is 0 Å². The predicted octanol–water partition coefficient (Wildman–Crippen LogP) is 4.73. The molecule has 252 valence electrons. The van der Waals surface area contributed by atoms with Crippen LogP contribution in [0.2, 0.25) is 0 Å². The molecule has 0 radical (unpaired) electrons. The molecule has 4 atom stereocenters. The number of aliphatic hydroxyl groups excluding tert-OH is 1. The Morgan fingerprint density at radius 3 is 1.96 bits per heavy atom. The number of rotatable bonds is 11. The zero-order valence-electron chi connectivity index (χ0n) is 26.8. The van der Waals surface area contributed by atoms with E-state index in [1.54, 1.807) is 44.6 Å². The molecule has 1 amide bonds. The fourth-order valence-corrected chi connectivity index (χ4v) is 5.90. The molecule has 5 aromatic rings. The summed E-state index contributed by atoms with van der Waals surface area (Å²) in [6.45, 7) is -0.193. The van der Waals surface area contributed by atoms with Crippen LogP contribution in [0.5, 0.6) is 11.5 Å². The largest absolute Gasteiger partial charge is 0.497 e. The van der Waals surface area contributed by atoms with E-state index in [1.807, 2.05) is 78.9 Å². The van der Waals surface area contributed by atoms with Crippen molar-refractivity contribution >= 4 is 17.6 Å². The topological polar surface area (TPSA) is 156 Å². The van der Waals surface area contributed by atoms with Gasteiger partial charge >= 0.3 is 11.8 Å². The molecule has 1 saturated heterocycles. The van der Waals surface area contributed by atoms with Crippen LogP contribution in [-0.4, -0.2) is 59.9 Å². The second-order valence-electron chi connectivity index (χ2n) is 11.3. The molecule has 0 aliphatic carbocycles. The molecule has 1 fully saturated rings. The highest BCUT2D eigenvalue weighted by molar-refractivity contribution is 5.84. The fourth-order valence-electron chi connectivity index (χ4n) is 5.90. The van der Waals surface area contributed by atoms with E-state index in [2.05, 4.69) is 10.3 Å². The number of hydrogen-bond donors (Lipinski definition) is 3. The van der Waals surface area contributed by atoms with Gasteiger partial charge in [-0.3, -0.25) is 9.88 Å². The highest BCUT2D eigenvalue weighted by Crippen LogP contribution is 2.43. The lowest BCUT2D eigenvalue weighted by Gasteiger charge is -2.37. The zero-order valence-corrected chi connectivity index (χ0v) is 26.8. The maximum Gasteiger partial charge on any atom is 0.412 e. The molecule has 1 aliphatic heterocycles. The number of anilines is 2. The van der Waals surface area contributed by atoms with Gasteiger partial charge in [0, 0.05) is 11.9 Å². The van der Waals surface area contributed by atoms with Crippen molar-refractivity contribution in [3.8, 4) is 11.5 Å². The van der Waals surface area contributed by atoms with E-state index in [0.29, 0.717) is 17.2 Å². The Hall–Kier alpha value is -5.69. The number of nitrogen functional groups attached to an aromatic ring is 1. The molecule has 49 heavy (non-hydrogen) atoms. The average molecular weight is 665 g/mol. The standard InChI is InChI=1S/C37H36N4O8/c1-45-28-17-13-25(14-18-28)37(24-9-5-3-6-10-24,26-15-19-29(46-2)20-16-26)47-23-30-32(42)33(49-36(44)39-27-11-7-4-8-12-27)34(48-30)41-22-21-31(38)40-35(41)43/h3-22,30,32-34,42H,23H2,1-2H3,(H,39,44)(H2,38,40,43)/t30-,32-,33-,34-/m1/s1. The Morgan fingerprint density at radius 2 is 1.41 bits per heavy atom. The fraction of sp³-hybridized carbons (Fsp3) is 0.216. The third kappa shape index (κ3) is 6.97. The molecule has 0 unspecified atom stereocenters. The number of nitrogens with two attached hydrogens (primary N) is 1. The van der Waals surface area contributed by atoms with Crippen LogP contribution in [-0.2, 0) is 19.8 Å². The first-order valence-corrected chi connectivity index (χ1v) is 15.5. The average Bonchev–Trinajstić information content (AvgIpc) is 3.43. The lowest BCUT2D eigenvalue weighted by molar-refractivity contribution is -0.0958. The molecule has 6 rings (SSSR count). The number of aromatic nitrogens is 2. The van der Waals surface area contributed by atoms with Crippen LogP contribution in [0.4, 0.5) is 16.3 Å². The highest BCUT2D eigenvalue weighted by Gasteiger charge is 2.49. The summed E-state index contributed by atoms with van der Waals surface area (Å²) in [5, 5.41) is 14.3. The van der Waals surface area contributed by atoms with Crippen LogP contribution in [0.1, 0.15) is 22.9 Å². The number of hydrogen-bond acceptors (Lipinski definition) is 10. The van der Waals surface area contributed by atoms with E-state index in [9.17, 15) is 14.7 Å². The molecule has 2 heterocycles. The second-order valence-corrected chi connectivity index (χ2v) is 11.3. The smallest absolute Gasteiger partial charge is 0.412 e. The van der Waals surface area contributed by atoms with Crippen LogP contribution < -0.4 is 26.2 Å². The Balaban J connectivity index is 1.37. The molecule has 0 bridgehead atoms. The number of amides is 1. The number of nitrogens with zero attached hydrogens (tertiary/aromatic N) is 2. The molecule has 12 nitrogen and oxygen atoms in total. The number of methoxy groups -OCH3 is 2. The van der Waals surface area contributed by atoms with Gasteiger partial charge in [0.1, 0.15) is 35.1 Å². The van der Waals surface area contributed by atoms with E-state index in [-0.39, 0.29) is 12.4 Å². The van der Waals surface area contributed by atoms with Gasteiger partial charge in [-0.25, -0.2) is 9.59 Å². The van der Waals surface area contributed by atoms with Crippen molar-refractivity contribution < 1.29 is 33.6 Å². The third-order valence-electron chi connectivity index (χ3n) is 8.34. The zero-order chi connectivity index (χ0) is 34.4. The summed E-state index contributed by atoms with van der Waals surface area (Å²) in [5.41, 5.74) is 6.58. The number of aliphatic hydroxyl groups is 1. The van der Waals surface area contributed by atoms with Gasteiger partial charge in [-0.1, -0.05) is 72.8 Å². The Kier molecular flexibility index (Phi) is 9.90. The summed E-state index contributed by atoms with van der Waals surface area (Å²) in [6, 6.07) is 34.7. The van der Waals surface area contributed by atoms with E-state index >= 15 is 0 Å². The predicted molar refractivity (Wildman–Crippen MR) is 181 cm³/mol. The monoisotopic (exact) mass is 664 g/mol. The minimum absolute atomic E-state index is 0.00518. The van der Waals surface area contributed by atoms with Gasteiger partial charge in [-0.05, 0) is 59.2 Å². The summed E-state index contributed by atoms with van der Waals surface area (Å²) < 4.78 is 30.9. The highest BCUT2D eigenvalue weighted by atomic mass is 16.6. The van der Waals surface area contributed by atoms with Crippen molar-refractivity contribution in [2.75, 3.05) is 31.9 Å². The number of carbonyl (C=O) groups excluding carboxylic acids is 1. The number of benzene rings is 4. The quantitative estimate of drug-likeness (QED) is 0.169. The maximum atomic E-state index is 13.0. The SMILES string of the molecule is COc1ccc(C(OC[C@H]2O[C@@H](n3ccc(N)nc3=O)[C@H](OC(=O)Nc3ccccc3)[C@@H]2O)(c2ccccc2)c2ccc(OC)cc2)cc1. The molecule has 4 aromatic carbocycles. The number of para-hydroxylation sites is 1. The van der Waals surface area contributed by atoms with Crippen molar-refractivity contribution in [1.82, 2.24) is 9.55 Å². The number of carbonyl (C=O) groups is 1. The number of nitrogens with one attached hydrogen (secondary N) is 1. The third-order valence-corrected chi connectivity index (χ3v) is 8.34. The van der Waals surface area contributed by atoms with Gasteiger partial charge in [-0.15, -0.1) is 0 Å².